The van der Waals surface area contributed by atoms with Crippen LogP contribution in [0, 0.1) is 6.92 Å². The number of urea groups is 1. The molecule has 142 valence electrons. The summed E-state index contributed by atoms with van der Waals surface area (Å²) in [5.74, 6) is -0.0167. The lowest BCUT2D eigenvalue weighted by Crippen LogP contribution is -2.30. The van der Waals surface area contributed by atoms with Crippen LogP contribution < -0.4 is 15.5 Å². The molecule has 7 nitrogen and oxygen atoms in total. The first-order valence-corrected chi connectivity index (χ1v) is 9.76. The normalized spacial score (nSPS) is 12.5. The van der Waals surface area contributed by atoms with Crippen molar-refractivity contribution in [2.75, 3.05) is 22.1 Å². The number of anilines is 3. The van der Waals surface area contributed by atoms with Crippen molar-refractivity contribution in [1.29, 1.82) is 0 Å². The van der Waals surface area contributed by atoms with Crippen molar-refractivity contribution in [3.05, 3.63) is 64.7 Å². The molecule has 0 unspecified atom stereocenters. The van der Waals surface area contributed by atoms with Gasteiger partial charge in [-0.2, -0.15) is 0 Å². The quantitative estimate of drug-likeness (QED) is 0.709. The molecule has 2 heterocycles. The lowest BCUT2D eigenvalue weighted by molar-refractivity contribution is -0.117. The molecule has 0 fully saturated rings. The molecule has 1 aliphatic rings. The zero-order chi connectivity index (χ0) is 19.5. The first kappa shape index (κ1) is 18.1. The molecule has 2 aromatic carbocycles. The fourth-order valence-corrected chi connectivity index (χ4v) is 3.89. The van der Waals surface area contributed by atoms with E-state index >= 15 is 0 Å². The highest BCUT2D eigenvalue weighted by molar-refractivity contribution is 7.15. The van der Waals surface area contributed by atoms with Crippen LogP contribution in [0.5, 0.6) is 0 Å². The first-order chi connectivity index (χ1) is 13.6. The number of nitrogens with zero attached hydrogens (tertiary/aromatic N) is 3. The standard InChI is InChI=1S/C20H19N5O2S/c1-13-6-2-4-8-15(13)21-19(27)22-20-24-23-17(28-20)12-18(26)25-11-10-14-7-3-5-9-16(14)25/h2-9H,10-12H2,1H3,(H2,21,22,24,27). The largest absolute Gasteiger partial charge is 0.325 e. The van der Waals surface area contributed by atoms with E-state index in [1.807, 2.05) is 55.5 Å². The van der Waals surface area contributed by atoms with Gasteiger partial charge in [0.05, 0.1) is 6.42 Å². The van der Waals surface area contributed by atoms with Gasteiger partial charge >= 0.3 is 6.03 Å². The third kappa shape index (κ3) is 3.86. The average molecular weight is 393 g/mol. The predicted octanol–water partition coefficient (Wildman–Crippen LogP) is 3.62. The minimum atomic E-state index is -0.392. The second kappa shape index (κ2) is 7.77. The summed E-state index contributed by atoms with van der Waals surface area (Å²) in [7, 11) is 0. The van der Waals surface area contributed by atoms with E-state index < -0.39 is 6.03 Å². The van der Waals surface area contributed by atoms with Crippen LogP contribution >= 0.6 is 11.3 Å². The topological polar surface area (TPSA) is 87.2 Å². The molecule has 0 spiro atoms. The number of benzene rings is 2. The second-order valence-electron chi connectivity index (χ2n) is 6.50. The third-order valence-electron chi connectivity index (χ3n) is 4.57. The van der Waals surface area contributed by atoms with Gasteiger partial charge < -0.3 is 10.2 Å². The van der Waals surface area contributed by atoms with Gasteiger partial charge in [0.15, 0.2) is 0 Å². The molecule has 0 saturated carbocycles. The number of nitrogens with one attached hydrogen (secondary N) is 2. The summed E-state index contributed by atoms with van der Waals surface area (Å²) < 4.78 is 0. The number of carbonyl (C=O) groups is 2. The zero-order valence-electron chi connectivity index (χ0n) is 15.3. The number of aromatic nitrogens is 2. The van der Waals surface area contributed by atoms with Crippen LogP contribution in [0.4, 0.5) is 21.3 Å². The Balaban J connectivity index is 1.36. The number of rotatable bonds is 4. The number of fused-ring (bicyclic) bond motifs is 1. The molecule has 0 radical (unpaired) electrons. The number of aryl methyl sites for hydroxylation is 1. The van der Waals surface area contributed by atoms with Crippen molar-refractivity contribution in [3.8, 4) is 0 Å². The fraction of sp³-hybridized carbons (Fsp3) is 0.200. The molecule has 3 aromatic rings. The Hall–Kier alpha value is -3.26. The smallest absolute Gasteiger partial charge is 0.311 e. The van der Waals surface area contributed by atoms with Gasteiger partial charge in [0.1, 0.15) is 5.01 Å². The molecule has 1 aromatic heterocycles. The Morgan fingerprint density at radius 2 is 1.86 bits per heavy atom. The molecule has 3 amide bonds. The summed E-state index contributed by atoms with van der Waals surface area (Å²) in [6.45, 7) is 2.60. The summed E-state index contributed by atoms with van der Waals surface area (Å²) in [6.07, 6.45) is 1.02. The van der Waals surface area contributed by atoms with Crippen LogP contribution in [0.2, 0.25) is 0 Å². The van der Waals surface area contributed by atoms with Gasteiger partial charge in [0, 0.05) is 17.9 Å². The lowest BCUT2D eigenvalue weighted by Gasteiger charge is -2.16. The molecular weight excluding hydrogens is 374 g/mol. The minimum Gasteiger partial charge on any atom is -0.311 e. The van der Waals surface area contributed by atoms with Crippen LogP contribution in [-0.2, 0) is 17.6 Å². The number of hydrogen-bond acceptors (Lipinski definition) is 5. The van der Waals surface area contributed by atoms with Gasteiger partial charge in [-0.15, -0.1) is 10.2 Å². The van der Waals surface area contributed by atoms with E-state index in [0.717, 1.165) is 23.4 Å². The average Bonchev–Trinajstić information content (AvgIpc) is 3.30. The molecular formula is C20H19N5O2S. The number of para-hydroxylation sites is 2. The summed E-state index contributed by atoms with van der Waals surface area (Å²) in [5, 5.41) is 14.4. The SMILES string of the molecule is Cc1ccccc1NC(=O)Nc1nnc(CC(=O)N2CCc3ccccc32)s1. The van der Waals surface area contributed by atoms with Crippen molar-refractivity contribution >= 4 is 39.8 Å². The maximum Gasteiger partial charge on any atom is 0.325 e. The molecule has 0 saturated heterocycles. The molecule has 28 heavy (non-hydrogen) atoms. The Labute approximate surface area is 166 Å². The van der Waals surface area contributed by atoms with Crippen molar-refractivity contribution in [2.45, 2.75) is 19.8 Å². The third-order valence-corrected chi connectivity index (χ3v) is 5.41. The molecule has 0 aliphatic carbocycles. The molecule has 8 heteroatoms. The van der Waals surface area contributed by atoms with Gasteiger partial charge in [0.25, 0.3) is 0 Å². The summed E-state index contributed by atoms with van der Waals surface area (Å²) >= 11 is 1.20. The van der Waals surface area contributed by atoms with Crippen LogP contribution in [0.15, 0.2) is 48.5 Å². The zero-order valence-corrected chi connectivity index (χ0v) is 16.1. The highest BCUT2D eigenvalue weighted by Crippen LogP contribution is 2.28. The predicted molar refractivity (Wildman–Crippen MR) is 110 cm³/mol. The van der Waals surface area contributed by atoms with Gasteiger partial charge in [-0.3, -0.25) is 10.1 Å². The summed E-state index contributed by atoms with van der Waals surface area (Å²) in [5.41, 5.74) is 3.84. The maximum absolute atomic E-state index is 12.7. The van der Waals surface area contributed by atoms with Gasteiger partial charge in [-0.25, -0.2) is 4.79 Å². The number of carbonyl (C=O) groups excluding carboxylic acids is 2. The van der Waals surface area contributed by atoms with E-state index in [4.69, 9.17) is 0 Å². The lowest BCUT2D eigenvalue weighted by atomic mass is 10.2. The second-order valence-corrected chi connectivity index (χ2v) is 7.56. The number of amides is 3. The van der Waals surface area contributed by atoms with Crippen molar-refractivity contribution in [3.63, 3.8) is 0 Å². The van der Waals surface area contributed by atoms with Gasteiger partial charge in [0.2, 0.25) is 11.0 Å². The van der Waals surface area contributed by atoms with Gasteiger partial charge in [-0.1, -0.05) is 47.7 Å². The van der Waals surface area contributed by atoms with E-state index in [1.165, 1.54) is 16.9 Å². The highest BCUT2D eigenvalue weighted by atomic mass is 32.1. The molecule has 2 N–H and O–H groups in total. The highest BCUT2D eigenvalue weighted by Gasteiger charge is 2.25. The molecule has 1 aliphatic heterocycles. The Kier molecular flexibility index (Phi) is 5.03. The van der Waals surface area contributed by atoms with Crippen LogP contribution in [0.25, 0.3) is 0 Å². The Morgan fingerprint density at radius 1 is 1.07 bits per heavy atom. The monoisotopic (exact) mass is 393 g/mol. The van der Waals surface area contributed by atoms with E-state index in [-0.39, 0.29) is 12.3 Å². The maximum atomic E-state index is 12.7. The molecule has 4 rings (SSSR count). The van der Waals surface area contributed by atoms with E-state index in [2.05, 4.69) is 20.8 Å². The van der Waals surface area contributed by atoms with Gasteiger partial charge in [-0.05, 0) is 36.6 Å². The first-order valence-electron chi connectivity index (χ1n) is 8.94. The Morgan fingerprint density at radius 3 is 2.71 bits per heavy atom. The van der Waals surface area contributed by atoms with Crippen LogP contribution in [-0.4, -0.2) is 28.7 Å². The molecule has 0 atom stereocenters. The van der Waals surface area contributed by atoms with E-state index in [0.29, 0.717) is 16.7 Å². The fourth-order valence-electron chi connectivity index (χ4n) is 3.16. The minimum absolute atomic E-state index is 0.0167. The van der Waals surface area contributed by atoms with E-state index in [1.54, 1.807) is 4.90 Å². The van der Waals surface area contributed by atoms with Crippen molar-refractivity contribution in [2.24, 2.45) is 0 Å². The summed E-state index contributed by atoms with van der Waals surface area (Å²) in [6, 6.07) is 15.0. The Bertz CT molecular complexity index is 1030. The summed E-state index contributed by atoms with van der Waals surface area (Å²) in [4.78, 5) is 26.6. The molecule has 0 bridgehead atoms. The number of hydrogen-bond donors (Lipinski definition) is 2. The van der Waals surface area contributed by atoms with Crippen molar-refractivity contribution in [1.82, 2.24) is 10.2 Å². The van der Waals surface area contributed by atoms with E-state index in [9.17, 15) is 9.59 Å². The van der Waals surface area contributed by atoms with Crippen LogP contribution in [0.3, 0.4) is 0 Å². The van der Waals surface area contributed by atoms with Crippen LogP contribution in [0.1, 0.15) is 16.1 Å². The van der Waals surface area contributed by atoms with Crippen molar-refractivity contribution < 1.29 is 9.59 Å².